The van der Waals surface area contributed by atoms with Gasteiger partial charge in [0.2, 0.25) is 0 Å². The minimum absolute atomic E-state index is 0.0748. The van der Waals surface area contributed by atoms with Crippen LogP contribution < -0.4 is 0 Å². The average Bonchev–Trinajstić information content (AvgIpc) is 3.76. The molecule has 3 aliphatic heterocycles. The Balaban J connectivity index is 1.16. The number of hydrogen-bond acceptors (Lipinski definition) is 7. The molecule has 3 rings (SSSR count). The molecule has 3 aliphatic rings. The Kier molecular flexibility index (Phi) is 18.5. The fourth-order valence-electron chi connectivity index (χ4n) is 7.26. The Morgan fingerprint density at radius 2 is 1.16 bits per heavy atom. The Morgan fingerprint density at radius 1 is 0.659 bits per heavy atom. The lowest BCUT2D eigenvalue weighted by atomic mass is 9.98. The van der Waals surface area contributed by atoms with Crippen molar-refractivity contribution in [3.8, 4) is 0 Å². The van der Waals surface area contributed by atoms with Crippen molar-refractivity contribution in [2.45, 2.75) is 217 Å². The molecule has 0 aromatic heterocycles. The van der Waals surface area contributed by atoms with E-state index in [4.69, 9.17) is 14.2 Å². The van der Waals surface area contributed by atoms with Crippen molar-refractivity contribution in [2.75, 3.05) is 0 Å². The van der Waals surface area contributed by atoms with Gasteiger partial charge < -0.3 is 29.5 Å². The van der Waals surface area contributed by atoms with Crippen LogP contribution in [-0.4, -0.2) is 70.1 Å². The molecule has 0 spiro atoms. The molecule has 0 aliphatic carbocycles. The fourth-order valence-corrected chi connectivity index (χ4v) is 7.26. The summed E-state index contributed by atoms with van der Waals surface area (Å²) in [7, 11) is 0. The third kappa shape index (κ3) is 14.2. The summed E-state index contributed by atoms with van der Waals surface area (Å²) >= 11 is 0. The smallest absolute Gasteiger partial charge is 0.334 e. The summed E-state index contributed by atoms with van der Waals surface area (Å²) in [6, 6.07) is 0. The highest BCUT2D eigenvalue weighted by Gasteiger charge is 2.36. The summed E-state index contributed by atoms with van der Waals surface area (Å²) in [5.74, 6) is -0.146. The summed E-state index contributed by atoms with van der Waals surface area (Å²) in [5.41, 5.74) is 0.836. The highest BCUT2D eigenvalue weighted by atomic mass is 16.5. The summed E-state index contributed by atoms with van der Waals surface area (Å²) in [6.07, 6.45) is 25.4. The van der Waals surface area contributed by atoms with Gasteiger partial charge in [-0.3, -0.25) is 0 Å². The molecule has 3 N–H and O–H groups in total. The molecule has 0 aromatic carbocycles. The number of carbonyl (C=O) groups excluding carboxylic acids is 1. The number of aliphatic hydroxyl groups is 3. The van der Waals surface area contributed by atoms with Gasteiger partial charge >= 0.3 is 5.97 Å². The van der Waals surface area contributed by atoms with Crippen molar-refractivity contribution >= 4 is 5.97 Å². The maximum Gasteiger partial charge on any atom is 0.334 e. The molecule has 0 saturated carbocycles. The number of rotatable bonds is 25. The van der Waals surface area contributed by atoms with Crippen molar-refractivity contribution < 1.29 is 34.3 Å². The van der Waals surface area contributed by atoms with Gasteiger partial charge in [0, 0.05) is 5.57 Å². The Bertz CT molecular complexity index is 801. The van der Waals surface area contributed by atoms with E-state index in [9.17, 15) is 20.1 Å². The molecule has 0 aromatic rings. The first-order valence-electron chi connectivity index (χ1n) is 18.6. The van der Waals surface area contributed by atoms with Crippen LogP contribution in [0.4, 0.5) is 0 Å². The summed E-state index contributed by atoms with van der Waals surface area (Å²) in [5, 5.41) is 32.2. The average molecular weight is 623 g/mol. The number of esters is 1. The predicted octanol–water partition coefficient (Wildman–Crippen LogP) is 7.86. The standard InChI is InChI=1S/C37H66O7/c1-3-4-5-6-7-8-9-10-14-17-20-31(38)35-25-26-36(44-35)33(40)23-22-32(39)34-24-21-30(43-34)19-16-13-11-12-15-18-29-27-28(2)42-37(29)41/h27-28,30-36,38-40H,3-26H2,1-2H3. The van der Waals surface area contributed by atoms with E-state index in [-0.39, 0.29) is 36.5 Å². The lowest BCUT2D eigenvalue weighted by Gasteiger charge is -2.24. The first kappa shape index (κ1) is 37.5. The number of cyclic esters (lactones) is 1. The molecule has 2 fully saturated rings. The quantitative estimate of drug-likeness (QED) is 0.0703. The van der Waals surface area contributed by atoms with Gasteiger partial charge in [-0.2, -0.15) is 0 Å². The van der Waals surface area contributed by atoms with Crippen LogP contribution in [-0.2, 0) is 19.0 Å². The number of aliphatic hydroxyl groups excluding tert-OH is 3. The third-order valence-corrected chi connectivity index (χ3v) is 10.1. The molecule has 7 nitrogen and oxygen atoms in total. The molecule has 8 atom stereocenters. The van der Waals surface area contributed by atoms with E-state index >= 15 is 0 Å². The second-order valence-corrected chi connectivity index (χ2v) is 14.0. The van der Waals surface area contributed by atoms with Crippen LogP contribution in [0.3, 0.4) is 0 Å². The monoisotopic (exact) mass is 622 g/mol. The Morgan fingerprint density at radius 3 is 1.75 bits per heavy atom. The number of hydrogen-bond donors (Lipinski definition) is 3. The van der Waals surface area contributed by atoms with Gasteiger partial charge in [0.15, 0.2) is 0 Å². The molecule has 256 valence electrons. The summed E-state index contributed by atoms with van der Waals surface area (Å²) in [4.78, 5) is 11.7. The SMILES string of the molecule is CCCCCCCCCCCCC(O)C1CCC(C(O)CCC(O)C2CCC(CCCCCCCC3=CC(C)OC3=O)O2)O1. The molecular weight excluding hydrogens is 556 g/mol. The van der Waals surface area contributed by atoms with Crippen LogP contribution in [0, 0.1) is 0 Å². The normalized spacial score (nSPS) is 27.4. The van der Waals surface area contributed by atoms with E-state index in [1.807, 2.05) is 13.0 Å². The fraction of sp³-hybridized carbons (Fsp3) is 0.919. The second kappa shape index (κ2) is 21.7. The number of unbranched alkanes of at least 4 members (excludes halogenated alkanes) is 13. The highest BCUT2D eigenvalue weighted by molar-refractivity contribution is 5.90. The van der Waals surface area contributed by atoms with Crippen molar-refractivity contribution in [3.63, 3.8) is 0 Å². The van der Waals surface area contributed by atoms with Crippen LogP contribution in [0.15, 0.2) is 11.6 Å². The molecular formula is C37H66O7. The lowest BCUT2D eigenvalue weighted by molar-refractivity contribution is -0.139. The number of ether oxygens (including phenoxy) is 3. The molecule has 3 heterocycles. The third-order valence-electron chi connectivity index (χ3n) is 10.1. The van der Waals surface area contributed by atoms with Crippen molar-refractivity contribution in [3.05, 3.63) is 11.6 Å². The zero-order valence-electron chi connectivity index (χ0n) is 28.1. The maximum absolute atomic E-state index is 11.7. The van der Waals surface area contributed by atoms with Gasteiger partial charge in [-0.1, -0.05) is 96.8 Å². The van der Waals surface area contributed by atoms with Crippen LogP contribution in [0.2, 0.25) is 0 Å². The summed E-state index contributed by atoms with van der Waals surface area (Å²) < 4.78 is 17.4. The summed E-state index contributed by atoms with van der Waals surface area (Å²) in [6.45, 7) is 4.16. The zero-order chi connectivity index (χ0) is 31.6. The minimum atomic E-state index is -0.615. The lowest BCUT2D eigenvalue weighted by Crippen LogP contribution is -2.33. The molecule has 7 heteroatoms. The van der Waals surface area contributed by atoms with Crippen LogP contribution in [0.25, 0.3) is 0 Å². The first-order valence-corrected chi connectivity index (χ1v) is 18.6. The van der Waals surface area contributed by atoms with E-state index in [1.54, 1.807) is 0 Å². The molecule has 0 radical (unpaired) electrons. The van der Waals surface area contributed by atoms with Gasteiger partial charge in [-0.15, -0.1) is 0 Å². The topological polar surface area (TPSA) is 105 Å². The van der Waals surface area contributed by atoms with Crippen molar-refractivity contribution in [2.24, 2.45) is 0 Å². The van der Waals surface area contributed by atoms with E-state index < -0.39 is 18.3 Å². The number of carbonyl (C=O) groups is 1. The van der Waals surface area contributed by atoms with Gasteiger partial charge in [0.05, 0.1) is 42.7 Å². The van der Waals surface area contributed by atoms with Crippen LogP contribution in [0.1, 0.15) is 168 Å². The Labute approximate surface area is 268 Å². The molecule has 0 amide bonds. The van der Waals surface area contributed by atoms with Crippen molar-refractivity contribution in [1.29, 1.82) is 0 Å². The van der Waals surface area contributed by atoms with Gasteiger partial charge in [-0.25, -0.2) is 4.79 Å². The van der Waals surface area contributed by atoms with Gasteiger partial charge in [-0.05, 0) is 77.2 Å². The van der Waals surface area contributed by atoms with E-state index in [0.717, 1.165) is 89.0 Å². The van der Waals surface area contributed by atoms with Gasteiger partial charge in [0.1, 0.15) is 6.10 Å². The largest absolute Gasteiger partial charge is 0.455 e. The predicted molar refractivity (Wildman–Crippen MR) is 175 cm³/mol. The van der Waals surface area contributed by atoms with E-state index in [1.165, 1.54) is 57.8 Å². The van der Waals surface area contributed by atoms with Crippen LogP contribution >= 0.6 is 0 Å². The molecule has 44 heavy (non-hydrogen) atoms. The molecule has 8 unspecified atom stereocenters. The van der Waals surface area contributed by atoms with Crippen molar-refractivity contribution in [1.82, 2.24) is 0 Å². The Hall–Kier alpha value is -0.990. The molecule has 2 saturated heterocycles. The minimum Gasteiger partial charge on any atom is -0.455 e. The van der Waals surface area contributed by atoms with Gasteiger partial charge in [0.25, 0.3) is 0 Å². The highest BCUT2D eigenvalue weighted by Crippen LogP contribution is 2.31. The van der Waals surface area contributed by atoms with E-state index in [0.29, 0.717) is 12.8 Å². The second-order valence-electron chi connectivity index (χ2n) is 14.0. The first-order chi connectivity index (χ1) is 21.4. The van der Waals surface area contributed by atoms with Crippen LogP contribution in [0.5, 0.6) is 0 Å². The zero-order valence-corrected chi connectivity index (χ0v) is 28.1. The van der Waals surface area contributed by atoms with E-state index in [2.05, 4.69) is 6.92 Å². The maximum atomic E-state index is 11.7. The molecule has 0 bridgehead atoms.